The summed E-state index contributed by atoms with van der Waals surface area (Å²) in [7, 11) is 0. The van der Waals surface area contributed by atoms with Crippen molar-refractivity contribution in [2.75, 3.05) is 6.54 Å². The van der Waals surface area contributed by atoms with Crippen LogP contribution in [0.2, 0.25) is 0 Å². The number of nitrogens with one attached hydrogen (secondary N) is 5. The van der Waals surface area contributed by atoms with Gasteiger partial charge in [-0.1, -0.05) is 54.6 Å². The Bertz CT molecular complexity index is 1660. The fourth-order valence-electron chi connectivity index (χ4n) is 5.31. The van der Waals surface area contributed by atoms with Gasteiger partial charge in [0.2, 0.25) is 23.6 Å². The Morgan fingerprint density at radius 2 is 1.36 bits per heavy atom. The molecule has 0 spiro atoms. The van der Waals surface area contributed by atoms with Crippen LogP contribution in [0.1, 0.15) is 29.5 Å². The second kappa shape index (κ2) is 13.9. The molecule has 4 aromatic rings. The summed E-state index contributed by atoms with van der Waals surface area (Å²) in [4.78, 5) is 56.2. The minimum absolute atomic E-state index is 0.0274. The van der Waals surface area contributed by atoms with Gasteiger partial charge in [-0.25, -0.2) is 8.78 Å². The monoisotopic (exact) mass is 601 g/mol. The molecule has 2 unspecified atom stereocenters. The van der Waals surface area contributed by atoms with Crippen molar-refractivity contribution in [3.05, 3.63) is 107 Å². The Labute approximate surface area is 252 Å². The van der Waals surface area contributed by atoms with Crippen LogP contribution in [-0.4, -0.2) is 53.3 Å². The van der Waals surface area contributed by atoms with Crippen molar-refractivity contribution in [1.82, 2.24) is 26.3 Å². The molecule has 228 valence electrons. The Hall–Kier alpha value is -5.06. The number of benzene rings is 3. The second-order valence-corrected chi connectivity index (χ2v) is 10.9. The fourth-order valence-corrected chi connectivity index (χ4v) is 5.31. The number of hydrogen-bond acceptors (Lipinski definition) is 4. The van der Waals surface area contributed by atoms with Crippen LogP contribution < -0.4 is 21.3 Å². The number of aromatic amines is 1. The van der Waals surface area contributed by atoms with Crippen LogP contribution in [-0.2, 0) is 38.4 Å². The van der Waals surface area contributed by atoms with Crippen molar-refractivity contribution in [2.45, 2.75) is 50.2 Å². The number of amides is 4. The molecule has 1 aliphatic rings. The smallest absolute Gasteiger partial charge is 0.243 e. The first kappa shape index (κ1) is 30.4. The van der Waals surface area contributed by atoms with E-state index in [2.05, 4.69) is 26.3 Å². The standard InChI is InChI=1S/C33H33F2N5O4/c34-25-11-10-21(15-26(25)35)14-23-19-37-30(41)12-13-31(42)39-29(17-22-18-36-27-9-5-4-8-24(22)27)33(44)40-28(32(43)38-23)16-20-6-2-1-3-7-20/h1-11,15,18,23,28-29,36H,12-14,16-17,19H2,(H,37,41)(H,38,43)(H,39,42)(H,40,44)/t23?,28?,29-/m0/s1. The fraction of sp³-hybridized carbons (Fsp3) is 0.273. The Kier molecular flexibility index (Phi) is 9.63. The minimum atomic E-state index is -1.04. The number of H-pyrrole nitrogens is 1. The van der Waals surface area contributed by atoms with Gasteiger partial charge in [-0.2, -0.15) is 0 Å². The van der Waals surface area contributed by atoms with Gasteiger partial charge in [0.25, 0.3) is 0 Å². The molecule has 0 aliphatic carbocycles. The Morgan fingerprint density at radius 1 is 0.659 bits per heavy atom. The zero-order valence-corrected chi connectivity index (χ0v) is 23.9. The average molecular weight is 602 g/mol. The summed E-state index contributed by atoms with van der Waals surface area (Å²) in [6, 6.07) is 17.4. The van der Waals surface area contributed by atoms with Gasteiger partial charge in [0.1, 0.15) is 12.1 Å². The molecular formula is C33H33F2N5O4. The maximum atomic E-state index is 13.9. The molecule has 44 heavy (non-hydrogen) atoms. The molecule has 0 bridgehead atoms. The van der Waals surface area contributed by atoms with E-state index in [-0.39, 0.29) is 38.6 Å². The molecule has 1 saturated heterocycles. The van der Waals surface area contributed by atoms with Gasteiger partial charge in [-0.15, -0.1) is 0 Å². The number of fused-ring (bicyclic) bond motifs is 1. The predicted octanol–water partition coefficient (Wildman–Crippen LogP) is 2.84. The first-order valence-electron chi connectivity index (χ1n) is 14.4. The van der Waals surface area contributed by atoms with Crippen molar-refractivity contribution in [3.8, 4) is 0 Å². The lowest BCUT2D eigenvalue weighted by atomic mass is 10.0. The second-order valence-electron chi connectivity index (χ2n) is 10.9. The third-order valence-electron chi connectivity index (χ3n) is 7.60. The quantitative estimate of drug-likeness (QED) is 0.233. The molecule has 0 radical (unpaired) electrons. The number of hydrogen-bond donors (Lipinski definition) is 5. The van der Waals surface area contributed by atoms with Crippen LogP contribution in [0.25, 0.3) is 10.9 Å². The maximum Gasteiger partial charge on any atom is 0.243 e. The molecule has 9 nitrogen and oxygen atoms in total. The lowest BCUT2D eigenvalue weighted by molar-refractivity contribution is -0.133. The van der Waals surface area contributed by atoms with Crippen molar-refractivity contribution in [1.29, 1.82) is 0 Å². The molecule has 0 saturated carbocycles. The van der Waals surface area contributed by atoms with Crippen LogP contribution in [0, 0.1) is 11.6 Å². The van der Waals surface area contributed by atoms with Crippen molar-refractivity contribution in [2.24, 2.45) is 0 Å². The lowest BCUT2D eigenvalue weighted by Gasteiger charge is -2.27. The summed E-state index contributed by atoms with van der Waals surface area (Å²) in [5.74, 6) is -4.03. The molecule has 11 heteroatoms. The van der Waals surface area contributed by atoms with Gasteiger partial charge in [-0.05, 0) is 41.3 Å². The largest absolute Gasteiger partial charge is 0.361 e. The maximum absolute atomic E-state index is 13.9. The minimum Gasteiger partial charge on any atom is -0.361 e. The van der Waals surface area contributed by atoms with E-state index in [0.717, 1.165) is 34.2 Å². The molecule has 5 rings (SSSR count). The van der Waals surface area contributed by atoms with Crippen molar-refractivity contribution < 1.29 is 28.0 Å². The molecule has 1 fully saturated rings. The third kappa shape index (κ3) is 7.85. The molecule has 3 atom stereocenters. The average Bonchev–Trinajstić information content (AvgIpc) is 3.42. The zero-order chi connectivity index (χ0) is 31.1. The molecule has 1 aromatic heterocycles. The van der Waals surface area contributed by atoms with Gasteiger partial charge in [-0.3, -0.25) is 19.2 Å². The first-order chi connectivity index (χ1) is 21.2. The van der Waals surface area contributed by atoms with E-state index >= 15 is 0 Å². The molecule has 1 aliphatic heterocycles. The first-order valence-corrected chi connectivity index (χ1v) is 14.4. The highest BCUT2D eigenvalue weighted by Gasteiger charge is 2.30. The van der Waals surface area contributed by atoms with E-state index in [1.807, 2.05) is 54.6 Å². The van der Waals surface area contributed by atoms with E-state index in [4.69, 9.17) is 0 Å². The Balaban J connectivity index is 1.43. The SMILES string of the molecule is O=C1CCC(=O)N[C@@H](Cc2c[nH]c3ccccc23)C(=O)NC(Cc2ccccc2)C(=O)NC(Cc2ccc(F)c(F)c2)CN1. The van der Waals surface area contributed by atoms with E-state index in [1.165, 1.54) is 6.07 Å². The van der Waals surface area contributed by atoms with Gasteiger partial charge in [0.15, 0.2) is 11.6 Å². The number of halogens is 2. The van der Waals surface area contributed by atoms with Crippen LogP contribution in [0.4, 0.5) is 8.78 Å². The number of para-hydroxylation sites is 1. The topological polar surface area (TPSA) is 132 Å². The highest BCUT2D eigenvalue weighted by Crippen LogP contribution is 2.20. The molecule has 5 N–H and O–H groups in total. The highest BCUT2D eigenvalue weighted by molar-refractivity contribution is 5.94. The van der Waals surface area contributed by atoms with Gasteiger partial charge >= 0.3 is 0 Å². The number of carbonyl (C=O) groups excluding carboxylic acids is 4. The summed E-state index contributed by atoms with van der Waals surface area (Å²) in [5, 5.41) is 12.1. The molecular weight excluding hydrogens is 568 g/mol. The van der Waals surface area contributed by atoms with Gasteiger partial charge < -0.3 is 26.3 Å². The summed E-state index contributed by atoms with van der Waals surface area (Å²) in [6.45, 7) is -0.0274. The molecule has 2 heterocycles. The van der Waals surface area contributed by atoms with Gasteiger partial charge in [0.05, 0.1) is 6.04 Å². The number of rotatable bonds is 6. The zero-order valence-electron chi connectivity index (χ0n) is 23.9. The normalized spacial score (nSPS) is 20.3. The van der Waals surface area contributed by atoms with E-state index in [0.29, 0.717) is 5.56 Å². The summed E-state index contributed by atoms with van der Waals surface area (Å²) < 4.78 is 27.5. The van der Waals surface area contributed by atoms with Crippen LogP contribution >= 0.6 is 0 Å². The van der Waals surface area contributed by atoms with E-state index < -0.39 is 53.4 Å². The lowest BCUT2D eigenvalue weighted by Crippen LogP contribution is -2.57. The van der Waals surface area contributed by atoms with Crippen LogP contribution in [0.15, 0.2) is 79.0 Å². The Morgan fingerprint density at radius 3 is 2.16 bits per heavy atom. The summed E-state index contributed by atoms with van der Waals surface area (Å²) >= 11 is 0. The van der Waals surface area contributed by atoms with Crippen molar-refractivity contribution >= 4 is 34.5 Å². The van der Waals surface area contributed by atoms with E-state index in [9.17, 15) is 28.0 Å². The third-order valence-corrected chi connectivity index (χ3v) is 7.60. The molecule has 3 aromatic carbocycles. The highest BCUT2D eigenvalue weighted by atomic mass is 19.2. The summed E-state index contributed by atoms with van der Waals surface area (Å²) in [6.07, 6.45) is 1.86. The van der Waals surface area contributed by atoms with E-state index in [1.54, 1.807) is 6.20 Å². The summed E-state index contributed by atoms with van der Waals surface area (Å²) in [5.41, 5.74) is 2.87. The van der Waals surface area contributed by atoms with Gasteiger partial charge in [0, 0.05) is 49.3 Å². The van der Waals surface area contributed by atoms with Crippen molar-refractivity contribution in [3.63, 3.8) is 0 Å². The van der Waals surface area contributed by atoms with Crippen LogP contribution in [0.5, 0.6) is 0 Å². The number of carbonyl (C=O) groups is 4. The molecule has 4 amide bonds. The van der Waals surface area contributed by atoms with Crippen LogP contribution in [0.3, 0.4) is 0 Å². The number of aromatic nitrogens is 1. The predicted molar refractivity (Wildman–Crippen MR) is 160 cm³/mol.